The van der Waals surface area contributed by atoms with Crippen molar-refractivity contribution in [3.63, 3.8) is 0 Å². The largest absolute Gasteiger partial charge is 0.491 e. The Balaban J connectivity index is 2.89. The van der Waals surface area contributed by atoms with Crippen molar-refractivity contribution in [3.05, 3.63) is 29.8 Å². The molecule has 0 aliphatic rings. The molecule has 0 heterocycles. The lowest BCUT2D eigenvalue weighted by Gasteiger charge is -2.26. The summed E-state index contributed by atoms with van der Waals surface area (Å²) >= 11 is 0. The van der Waals surface area contributed by atoms with Crippen LogP contribution in [-0.4, -0.2) is 40.6 Å². The summed E-state index contributed by atoms with van der Waals surface area (Å²) in [5.74, 6) is 0.884. The zero-order valence-electron chi connectivity index (χ0n) is 12.3. The Morgan fingerprint density at radius 2 is 1.89 bits per heavy atom. The number of benzene rings is 1. The zero-order chi connectivity index (χ0) is 14.1. The maximum atomic E-state index is 5.78. The van der Waals surface area contributed by atoms with Gasteiger partial charge in [-0.25, -0.2) is 0 Å². The molecule has 1 N–H and O–H groups in total. The van der Waals surface area contributed by atoms with E-state index in [1.165, 1.54) is 0 Å². The van der Waals surface area contributed by atoms with Gasteiger partial charge in [-0.05, 0) is 19.5 Å². The van der Waals surface area contributed by atoms with Crippen LogP contribution in [0.1, 0.15) is 24.9 Å². The monoisotopic (exact) mass is 267 g/mol. The molecule has 0 aliphatic heterocycles. The molecule has 0 bridgehead atoms. The number of para-hydroxylation sites is 1. The van der Waals surface area contributed by atoms with Crippen LogP contribution in [0.3, 0.4) is 0 Å². The summed E-state index contributed by atoms with van der Waals surface area (Å²) in [4.78, 5) is 0. The Hall–Kier alpha value is -1.10. The second-order valence-corrected chi connectivity index (χ2v) is 4.33. The van der Waals surface area contributed by atoms with Crippen molar-refractivity contribution in [1.29, 1.82) is 0 Å². The minimum Gasteiger partial charge on any atom is -0.491 e. The molecule has 2 atom stereocenters. The number of nitrogens with one attached hydrogen (secondary N) is 1. The van der Waals surface area contributed by atoms with Gasteiger partial charge in [-0.2, -0.15) is 0 Å². The molecule has 19 heavy (non-hydrogen) atoms. The van der Waals surface area contributed by atoms with Crippen LogP contribution in [0, 0.1) is 0 Å². The van der Waals surface area contributed by atoms with Crippen LogP contribution >= 0.6 is 0 Å². The van der Waals surface area contributed by atoms with Crippen molar-refractivity contribution in [2.45, 2.75) is 25.5 Å². The highest BCUT2D eigenvalue weighted by Gasteiger charge is 2.22. The van der Waals surface area contributed by atoms with Crippen LogP contribution in [0.15, 0.2) is 24.3 Å². The molecule has 0 amide bonds. The summed E-state index contributed by atoms with van der Waals surface area (Å²) in [6.07, 6.45) is 1.06. The molecule has 108 valence electrons. The second kappa shape index (κ2) is 8.91. The van der Waals surface area contributed by atoms with Crippen LogP contribution in [0.2, 0.25) is 0 Å². The maximum Gasteiger partial charge on any atom is 0.124 e. The molecule has 0 aliphatic carbocycles. The fourth-order valence-corrected chi connectivity index (χ4v) is 2.18. The summed E-state index contributed by atoms with van der Waals surface area (Å²) in [5.41, 5.74) is 1.12. The van der Waals surface area contributed by atoms with Gasteiger partial charge < -0.3 is 19.5 Å². The first-order valence-corrected chi connectivity index (χ1v) is 6.69. The number of hydrogen-bond donors (Lipinski definition) is 1. The molecular weight excluding hydrogens is 242 g/mol. The normalized spacial score (nSPS) is 14.1. The van der Waals surface area contributed by atoms with E-state index >= 15 is 0 Å². The van der Waals surface area contributed by atoms with E-state index in [1.54, 1.807) is 14.2 Å². The van der Waals surface area contributed by atoms with Gasteiger partial charge in [0.25, 0.3) is 0 Å². The molecule has 0 saturated heterocycles. The van der Waals surface area contributed by atoms with Crippen molar-refractivity contribution < 1.29 is 14.2 Å². The SMILES string of the molecule is CCC(OC)C(NC)c1ccccc1OCCOC. The Bertz CT molecular complexity index is 353. The topological polar surface area (TPSA) is 39.7 Å². The van der Waals surface area contributed by atoms with Crippen molar-refractivity contribution in [2.24, 2.45) is 0 Å². The molecule has 1 aromatic rings. The highest BCUT2D eigenvalue weighted by atomic mass is 16.5. The van der Waals surface area contributed by atoms with Gasteiger partial charge in [0, 0.05) is 19.8 Å². The first-order chi connectivity index (χ1) is 9.28. The average molecular weight is 267 g/mol. The fraction of sp³-hybridized carbons (Fsp3) is 0.600. The molecular formula is C15H25NO3. The average Bonchev–Trinajstić information content (AvgIpc) is 2.46. The number of likely N-dealkylation sites (N-methyl/N-ethyl adjacent to an activating group) is 1. The highest BCUT2D eigenvalue weighted by Crippen LogP contribution is 2.29. The lowest BCUT2D eigenvalue weighted by Crippen LogP contribution is -2.31. The third kappa shape index (κ3) is 4.49. The van der Waals surface area contributed by atoms with E-state index in [9.17, 15) is 0 Å². The van der Waals surface area contributed by atoms with Gasteiger partial charge in [-0.15, -0.1) is 0 Å². The predicted octanol–water partition coefficient (Wildman–Crippen LogP) is 2.40. The second-order valence-electron chi connectivity index (χ2n) is 4.33. The number of rotatable bonds is 9. The van der Waals surface area contributed by atoms with Crippen molar-refractivity contribution in [1.82, 2.24) is 5.32 Å². The van der Waals surface area contributed by atoms with Crippen LogP contribution in [0.25, 0.3) is 0 Å². The molecule has 0 spiro atoms. The Morgan fingerprint density at radius 3 is 2.47 bits per heavy atom. The highest BCUT2D eigenvalue weighted by molar-refractivity contribution is 5.36. The lowest BCUT2D eigenvalue weighted by atomic mass is 9.98. The van der Waals surface area contributed by atoms with Crippen molar-refractivity contribution >= 4 is 0 Å². The summed E-state index contributed by atoms with van der Waals surface area (Å²) in [6.45, 7) is 3.25. The molecule has 2 unspecified atom stereocenters. The van der Waals surface area contributed by atoms with Gasteiger partial charge in [0.2, 0.25) is 0 Å². The molecule has 0 radical (unpaired) electrons. The third-order valence-electron chi connectivity index (χ3n) is 3.19. The Morgan fingerprint density at radius 1 is 1.16 bits per heavy atom. The number of hydrogen-bond acceptors (Lipinski definition) is 4. The van der Waals surface area contributed by atoms with Crippen LogP contribution < -0.4 is 10.1 Å². The molecule has 4 heteroatoms. The van der Waals surface area contributed by atoms with E-state index in [0.717, 1.165) is 17.7 Å². The molecule has 0 fully saturated rings. The summed E-state index contributed by atoms with van der Waals surface area (Å²) in [7, 11) is 5.36. The van der Waals surface area contributed by atoms with Gasteiger partial charge >= 0.3 is 0 Å². The molecule has 4 nitrogen and oxygen atoms in total. The smallest absolute Gasteiger partial charge is 0.124 e. The number of methoxy groups -OCH3 is 2. The lowest BCUT2D eigenvalue weighted by molar-refractivity contribution is 0.0660. The van der Waals surface area contributed by atoms with E-state index in [4.69, 9.17) is 14.2 Å². The van der Waals surface area contributed by atoms with Crippen molar-refractivity contribution in [3.8, 4) is 5.75 Å². The predicted molar refractivity (Wildman–Crippen MR) is 76.7 cm³/mol. The molecule has 0 aromatic heterocycles. The third-order valence-corrected chi connectivity index (χ3v) is 3.19. The van der Waals surface area contributed by atoms with E-state index < -0.39 is 0 Å². The zero-order valence-corrected chi connectivity index (χ0v) is 12.3. The van der Waals surface area contributed by atoms with E-state index in [-0.39, 0.29) is 12.1 Å². The van der Waals surface area contributed by atoms with Crippen LogP contribution in [-0.2, 0) is 9.47 Å². The fourth-order valence-electron chi connectivity index (χ4n) is 2.18. The van der Waals surface area contributed by atoms with Crippen molar-refractivity contribution in [2.75, 3.05) is 34.5 Å². The quantitative estimate of drug-likeness (QED) is 0.697. The van der Waals surface area contributed by atoms with E-state index in [1.807, 2.05) is 25.2 Å². The van der Waals surface area contributed by atoms with Gasteiger partial charge in [-0.3, -0.25) is 0 Å². The minimum atomic E-state index is 0.119. The maximum absolute atomic E-state index is 5.78. The molecule has 0 saturated carbocycles. The van der Waals surface area contributed by atoms with E-state index in [0.29, 0.717) is 13.2 Å². The van der Waals surface area contributed by atoms with Crippen LogP contribution in [0.4, 0.5) is 0 Å². The summed E-state index contributed by atoms with van der Waals surface area (Å²) in [6, 6.07) is 8.17. The van der Waals surface area contributed by atoms with Gasteiger partial charge in [0.1, 0.15) is 12.4 Å². The standard InChI is InChI=1S/C15H25NO3/c1-5-13(18-4)15(16-2)12-8-6-7-9-14(12)19-11-10-17-3/h6-9,13,15-16H,5,10-11H2,1-4H3. The Labute approximate surface area is 116 Å². The molecule has 1 rings (SSSR count). The molecule has 1 aromatic carbocycles. The first kappa shape index (κ1) is 16.0. The summed E-state index contributed by atoms with van der Waals surface area (Å²) < 4.78 is 16.3. The number of ether oxygens (including phenoxy) is 3. The van der Waals surface area contributed by atoms with Gasteiger partial charge in [-0.1, -0.05) is 25.1 Å². The van der Waals surface area contributed by atoms with Crippen LogP contribution in [0.5, 0.6) is 5.75 Å². The van der Waals surface area contributed by atoms with E-state index in [2.05, 4.69) is 18.3 Å². The van der Waals surface area contributed by atoms with Gasteiger partial charge in [0.15, 0.2) is 0 Å². The minimum absolute atomic E-state index is 0.119. The summed E-state index contributed by atoms with van der Waals surface area (Å²) in [5, 5.41) is 3.31. The first-order valence-electron chi connectivity index (χ1n) is 6.69. The van der Waals surface area contributed by atoms with Gasteiger partial charge in [0.05, 0.1) is 18.8 Å². The Kier molecular flexibility index (Phi) is 7.48.